The summed E-state index contributed by atoms with van der Waals surface area (Å²) in [6.45, 7) is 0. The summed E-state index contributed by atoms with van der Waals surface area (Å²) < 4.78 is 37.2. The first kappa shape index (κ1) is 16.2. The topological polar surface area (TPSA) is 60.5 Å². The molecule has 1 saturated carbocycles. The second-order valence-electron chi connectivity index (χ2n) is 5.53. The molecule has 2 atom stereocenters. The van der Waals surface area contributed by atoms with Gasteiger partial charge in [0.2, 0.25) is 11.9 Å². The van der Waals surface area contributed by atoms with Gasteiger partial charge < -0.3 is 14.8 Å². The molecule has 1 aliphatic rings. The van der Waals surface area contributed by atoms with Gasteiger partial charge in [0.15, 0.2) is 5.82 Å². The number of ether oxygens (including phenoxy) is 2. The molecule has 1 aliphatic carbocycles. The maximum absolute atomic E-state index is 13.6. The summed E-state index contributed by atoms with van der Waals surface area (Å²) in [5.74, 6) is -1.05. The van der Waals surface area contributed by atoms with E-state index in [1.807, 2.05) is 6.07 Å². The summed E-state index contributed by atoms with van der Waals surface area (Å²) >= 11 is 0. The Morgan fingerprint density at radius 2 is 2.04 bits per heavy atom. The zero-order valence-corrected chi connectivity index (χ0v) is 13.2. The molecule has 7 heteroatoms. The van der Waals surface area contributed by atoms with E-state index in [9.17, 15) is 13.6 Å². The van der Waals surface area contributed by atoms with Crippen LogP contribution >= 0.6 is 0 Å². The molecule has 0 spiro atoms. The average Bonchev–Trinajstić information content (AvgIpc) is 3.38. The normalized spacial score (nSPS) is 18.8. The van der Waals surface area contributed by atoms with E-state index in [2.05, 4.69) is 10.3 Å². The number of rotatable bonds is 5. The smallest absolute Gasteiger partial charge is 0.228 e. The number of nitrogens with one attached hydrogen (secondary N) is 1. The van der Waals surface area contributed by atoms with Crippen LogP contribution in [0.1, 0.15) is 17.9 Å². The second kappa shape index (κ2) is 6.43. The lowest BCUT2D eigenvalue weighted by Gasteiger charge is -2.10. The van der Waals surface area contributed by atoms with Crippen LogP contribution in [0.2, 0.25) is 0 Å². The van der Waals surface area contributed by atoms with Gasteiger partial charge in [-0.1, -0.05) is 0 Å². The quantitative estimate of drug-likeness (QED) is 0.854. The highest BCUT2D eigenvalue weighted by Crippen LogP contribution is 2.51. The molecular formula is C17H16F2N2O3. The van der Waals surface area contributed by atoms with Gasteiger partial charge in [-0.05, 0) is 24.6 Å². The fourth-order valence-corrected chi connectivity index (χ4v) is 2.69. The zero-order chi connectivity index (χ0) is 17.3. The largest absolute Gasteiger partial charge is 0.497 e. The molecule has 0 radical (unpaired) electrons. The first-order valence-corrected chi connectivity index (χ1v) is 7.37. The molecule has 1 amide bonds. The van der Waals surface area contributed by atoms with Crippen molar-refractivity contribution in [1.82, 2.24) is 4.98 Å². The number of halogens is 2. The van der Waals surface area contributed by atoms with Gasteiger partial charge in [0.25, 0.3) is 0 Å². The van der Waals surface area contributed by atoms with Crippen molar-refractivity contribution in [2.24, 2.45) is 5.92 Å². The van der Waals surface area contributed by atoms with Gasteiger partial charge in [0, 0.05) is 23.5 Å². The Hall–Kier alpha value is -2.70. The molecule has 1 aromatic heterocycles. The van der Waals surface area contributed by atoms with Crippen molar-refractivity contribution < 1.29 is 23.0 Å². The molecule has 3 rings (SSSR count). The number of methoxy groups -OCH3 is 2. The van der Waals surface area contributed by atoms with Gasteiger partial charge in [-0.15, -0.1) is 0 Å². The first-order valence-electron chi connectivity index (χ1n) is 7.37. The summed E-state index contributed by atoms with van der Waals surface area (Å²) in [5.41, 5.74) is 0.647. The first-order chi connectivity index (χ1) is 11.5. The number of pyridine rings is 1. The number of hydrogen-bond donors (Lipinski definition) is 1. The van der Waals surface area contributed by atoms with Gasteiger partial charge in [-0.3, -0.25) is 4.79 Å². The Kier molecular flexibility index (Phi) is 4.33. The van der Waals surface area contributed by atoms with Crippen molar-refractivity contribution >= 4 is 11.6 Å². The standard InChI is InChI=1S/C17H16F2N2O3/c1-23-9-3-4-15(24-2)11(5-9)10-6-12(10)17(22)21-14-7-16(19)20-8-13(14)18/h3-5,7-8,10,12H,6H2,1-2H3,(H,20,21,22). The Morgan fingerprint density at radius 3 is 2.75 bits per heavy atom. The molecule has 0 aliphatic heterocycles. The van der Waals surface area contributed by atoms with Gasteiger partial charge in [-0.25, -0.2) is 9.37 Å². The van der Waals surface area contributed by atoms with Crippen molar-refractivity contribution in [3.63, 3.8) is 0 Å². The van der Waals surface area contributed by atoms with E-state index in [0.29, 0.717) is 17.9 Å². The van der Waals surface area contributed by atoms with Crippen molar-refractivity contribution in [3.8, 4) is 11.5 Å². The number of aromatic nitrogens is 1. The third kappa shape index (κ3) is 3.15. The maximum atomic E-state index is 13.6. The lowest BCUT2D eigenvalue weighted by molar-refractivity contribution is -0.117. The third-order valence-corrected chi connectivity index (χ3v) is 4.04. The molecule has 1 fully saturated rings. The van der Waals surface area contributed by atoms with Gasteiger partial charge in [0.1, 0.15) is 11.5 Å². The molecule has 126 valence electrons. The van der Waals surface area contributed by atoms with Crippen LogP contribution in [-0.2, 0) is 4.79 Å². The molecule has 1 N–H and O–H groups in total. The van der Waals surface area contributed by atoms with Gasteiger partial charge >= 0.3 is 0 Å². The highest BCUT2D eigenvalue weighted by atomic mass is 19.1. The Morgan fingerprint density at radius 1 is 1.25 bits per heavy atom. The number of nitrogens with zero attached hydrogens (tertiary/aromatic N) is 1. The van der Waals surface area contributed by atoms with E-state index in [4.69, 9.17) is 9.47 Å². The van der Waals surface area contributed by atoms with E-state index >= 15 is 0 Å². The predicted molar refractivity (Wildman–Crippen MR) is 83.2 cm³/mol. The minimum Gasteiger partial charge on any atom is -0.497 e. The lowest BCUT2D eigenvalue weighted by Crippen LogP contribution is -2.16. The molecular weight excluding hydrogens is 318 g/mol. The fourth-order valence-electron chi connectivity index (χ4n) is 2.69. The number of carbonyl (C=O) groups is 1. The number of hydrogen-bond acceptors (Lipinski definition) is 4. The number of anilines is 1. The van der Waals surface area contributed by atoms with Crippen LogP contribution in [0.25, 0.3) is 0 Å². The van der Waals surface area contributed by atoms with Crippen LogP contribution in [0.5, 0.6) is 11.5 Å². The summed E-state index contributed by atoms with van der Waals surface area (Å²) in [6.07, 6.45) is 1.34. The van der Waals surface area contributed by atoms with Crippen LogP contribution in [0, 0.1) is 17.7 Å². The molecule has 1 aromatic carbocycles. The Balaban J connectivity index is 1.75. The van der Waals surface area contributed by atoms with Crippen LogP contribution in [0.3, 0.4) is 0 Å². The molecule has 2 unspecified atom stereocenters. The minimum atomic E-state index is -0.853. The fraction of sp³-hybridized carbons (Fsp3) is 0.294. The minimum absolute atomic E-state index is 0.0511. The van der Waals surface area contributed by atoms with Gasteiger partial charge in [0.05, 0.1) is 26.1 Å². The average molecular weight is 334 g/mol. The van der Waals surface area contributed by atoms with E-state index in [-0.39, 0.29) is 23.4 Å². The molecule has 5 nitrogen and oxygen atoms in total. The van der Waals surface area contributed by atoms with Crippen molar-refractivity contribution in [2.45, 2.75) is 12.3 Å². The Labute approximate surface area is 137 Å². The number of amides is 1. The molecule has 0 bridgehead atoms. The van der Waals surface area contributed by atoms with Crippen LogP contribution in [0.15, 0.2) is 30.5 Å². The number of carbonyl (C=O) groups excluding carboxylic acids is 1. The van der Waals surface area contributed by atoms with Crippen LogP contribution < -0.4 is 14.8 Å². The number of benzene rings is 1. The van der Waals surface area contributed by atoms with Gasteiger partial charge in [-0.2, -0.15) is 4.39 Å². The molecule has 24 heavy (non-hydrogen) atoms. The molecule has 2 aromatic rings. The van der Waals surface area contributed by atoms with E-state index in [0.717, 1.165) is 17.8 Å². The maximum Gasteiger partial charge on any atom is 0.228 e. The van der Waals surface area contributed by atoms with E-state index in [1.54, 1.807) is 26.4 Å². The summed E-state index contributed by atoms with van der Waals surface area (Å²) in [4.78, 5) is 15.5. The highest BCUT2D eigenvalue weighted by Gasteiger charge is 2.45. The third-order valence-electron chi connectivity index (χ3n) is 4.04. The van der Waals surface area contributed by atoms with E-state index in [1.165, 1.54) is 0 Å². The van der Waals surface area contributed by atoms with Crippen molar-refractivity contribution in [1.29, 1.82) is 0 Å². The molecule has 0 saturated heterocycles. The highest BCUT2D eigenvalue weighted by molar-refractivity contribution is 5.95. The summed E-state index contributed by atoms with van der Waals surface area (Å²) in [6, 6.07) is 6.23. The Bertz CT molecular complexity index is 782. The van der Waals surface area contributed by atoms with E-state index < -0.39 is 11.8 Å². The van der Waals surface area contributed by atoms with Crippen LogP contribution in [-0.4, -0.2) is 25.1 Å². The van der Waals surface area contributed by atoms with Crippen molar-refractivity contribution in [3.05, 3.63) is 47.8 Å². The summed E-state index contributed by atoms with van der Waals surface area (Å²) in [5, 5.41) is 2.41. The lowest BCUT2D eigenvalue weighted by atomic mass is 10.1. The van der Waals surface area contributed by atoms with Crippen molar-refractivity contribution in [2.75, 3.05) is 19.5 Å². The predicted octanol–water partition coefficient (Wildman–Crippen LogP) is 3.12. The second-order valence-corrected chi connectivity index (χ2v) is 5.53. The SMILES string of the molecule is COc1ccc(OC)c(C2CC2C(=O)Nc2cc(F)ncc2F)c1. The summed E-state index contributed by atoms with van der Waals surface area (Å²) in [7, 11) is 3.11. The zero-order valence-electron chi connectivity index (χ0n) is 13.2. The molecule has 1 heterocycles. The van der Waals surface area contributed by atoms with Crippen LogP contribution in [0.4, 0.5) is 14.5 Å². The monoisotopic (exact) mass is 334 g/mol.